The van der Waals surface area contributed by atoms with Gasteiger partial charge in [0.25, 0.3) is 0 Å². The Morgan fingerprint density at radius 3 is 2.86 bits per heavy atom. The Hall–Kier alpha value is -3.39. The van der Waals surface area contributed by atoms with Crippen molar-refractivity contribution >= 4 is 16.9 Å². The maximum Gasteiger partial charge on any atom is 0.146 e. The van der Waals surface area contributed by atoms with Crippen LogP contribution in [0.4, 0.5) is 5.82 Å². The Morgan fingerprint density at radius 2 is 2.03 bits per heavy atom. The SMILES string of the molecule is COc1cccc2[nH]c(-c3cc(-c4cnn(C5CCNCC5)c4)cnc3N)nc12. The van der Waals surface area contributed by atoms with E-state index in [9.17, 15) is 0 Å². The topological polar surface area (TPSA) is 107 Å². The first-order valence-electron chi connectivity index (χ1n) is 9.77. The second-order valence-electron chi connectivity index (χ2n) is 7.29. The average Bonchev–Trinajstić information content (AvgIpc) is 3.42. The fraction of sp³-hybridized carbons (Fsp3) is 0.286. The summed E-state index contributed by atoms with van der Waals surface area (Å²) in [6, 6.07) is 8.23. The molecule has 3 aromatic heterocycles. The smallest absolute Gasteiger partial charge is 0.146 e. The van der Waals surface area contributed by atoms with Crippen molar-refractivity contribution in [2.75, 3.05) is 25.9 Å². The highest BCUT2D eigenvalue weighted by molar-refractivity contribution is 5.87. The number of nitrogens with one attached hydrogen (secondary N) is 2. The van der Waals surface area contributed by atoms with Gasteiger partial charge in [-0.3, -0.25) is 4.68 Å². The number of ether oxygens (including phenoxy) is 1. The summed E-state index contributed by atoms with van der Waals surface area (Å²) in [5.74, 6) is 1.82. The predicted molar refractivity (Wildman–Crippen MR) is 113 cm³/mol. The monoisotopic (exact) mass is 389 g/mol. The number of piperidine rings is 1. The number of nitrogens with two attached hydrogens (primary N) is 1. The molecule has 1 fully saturated rings. The summed E-state index contributed by atoms with van der Waals surface area (Å²) < 4.78 is 7.48. The lowest BCUT2D eigenvalue weighted by Crippen LogP contribution is -2.29. The Kier molecular flexibility index (Phi) is 4.40. The molecule has 1 aliphatic heterocycles. The van der Waals surface area contributed by atoms with Gasteiger partial charge in [0, 0.05) is 23.5 Å². The number of imidazole rings is 1. The van der Waals surface area contributed by atoms with E-state index in [1.807, 2.05) is 30.5 Å². The number of nitrogen functional groups attached to an aromatic ring is 1. The van der Waals surface area contributed by atoms with Crippen molar-refractivity contribution in [1.29, 1.82) is 0 Å². The van der Waals surface area contributed by atoms with Crippen LogP contribution in [0.2, 0.25) is 0 Å². The molecule has 0 aliphatic carbocycles. The van der Waals surface area contributed by atoms with E-state index in [0.29, 0.717) is 17.7 Å². The quantitative estimate of drug-likeness (QED) is 0.495. The van der Waals surface area contributed by atoms with Gasteiger partial charge >= 0.3 is 0 Å². The van der Waals surface area contributed by atoms with Gasteiger partial charge in [0.05, 0.1) is 30.4 Å². The number of fused-ring (bicyclic) bond motifs is 1. The van der Waals surface area contributed by atoms with Crippen LogP contribution in [0.15, 0.2) is 42.9 Å². The molecule has 0 radical (unpaired) electrons. The summed E-state index contributed by atoms with van der Waals surface area (Å²) in [5, 5.41) is 7.98. The van der Waals surface area contributed by atoms with Crippen LogP contribution in [-0.4, -0.2) is 44.9 Å². The van der Waals surface area contributed by atoms with Crippen LogP contribution in [-0.2, 0) is 0 Å². The Balaban J connectivity index is 1.52. The van der Waals surface area contributed by atoms with Gasteiger partial charge < -0.3 is 20.8 Å². The van der Waals surface area contributed by atoms with Crippen LogP contribution in [0.1, 0.15) is 18.9 Å². The van der Waals surface area contributed by atoms with E-state index in [2.05, 4.69) is 31.3 Å². The maximum absolute atomic E-state index is 6.18. The van der Waals surface area contributed by atoms with Crippen LogP contribution in [0.25, 0.3) is 33.5 Å². The molecule has 0 amide bonds. The summed E-state index contributed by atoms with van der Waals surface area (Å²) in [7, 11) is 1.64. The van der Waals surface area contributed by atoms with E-state index < -0.39 is 0 Å². The third-order valence-corrected chi connectivity index (χ3v) is 5.49. The lowest BCUT2D eigenvalue weighted by atomic mass is 10.1. The van der Waals surface area contributed by atoms with Crippen LogP contribution in [0, 0.1) is 0 Å². The Labute approximate surface area is 168 Å². The molecule has 1 aliphatic rings. The number of rotatable bonds is 4. The number of aromatic nitrogens is 5. The molecular weight excluding hydrogens is 366 g/mol. The van der Waals surface area contributed by atoms with E-state index in [1.54, 1.807) is 13.3 Å². The molecule has 0 bridgehead atoms. The molecule has 4 aromatic rings. The number of nitrogens with zero attached hydrogens (tertiary/aromatic N) is 4. The molecule has 4 heterocycles. The van der Waals surface area contributed by atoms with Crippen LogP contribution in [0.3, 0.4) is 0 Å². The summed E-state index contributed by atoms with van der Waals surface area (Å²) in [4.78, 5) is 12.4. The predicted octanol–water partition coefficient (Wildman–Crippen LogP) is 3.00. The number of para-hydroxylation sites is 1. The fourth-order valence-electron chi connectivity index (χ4n) is 3.88. The molecule has 0 spiro atoms. The summed E-state index contributed by atoms with van der Waals surface area (Å²) in [6.07, 6.45) is 7.95. The molecule has 1 saturated heterocycles. The number of methoxy groups -OCH3 is 1. The van der Waals surface area contributed by atoms with Crippen molar-refractivity contribution in [3.05, 3.63) is 42.9 Å². The molecule has 1 aromatic carbocycles. The van der Waals surface area contributed by atoms with Gasteiger partial charge in [-0.05, 0) is 44.1 Å². The summed E-state index contributed by atoms with van der Waals surface area (Å²) in [6.45, 7) is 2.06. The molecule has 5 rings (SSSR count). The van der Waals surface area contributed by atoms with E-state index in [1.165, 1.54) is 0 Å². The number of pyridine rings is 1. The van der Waals surface area contributed by atoms with E-state index in [0.717, 1.165) is 59.4 Å². The van der Waals surface area contributed by atoms with Crippen LogP contribution >= 0.6 is 0 Å². The number of hydrogen-bond donors (Lipinski definition) is 3. The zero-order chi connectivity index (χ0) is 19.8. The van der Waals surface area contributed by atoms with Crippen molar-refractivity contribution in [3.8, 4) is 28.3 Å². The first kappa shape index (κ1) is 17.7. The van der Waals surface area contributed by atoms with E-state index in [4.69, 9.17) is 15.5 Å². The van der Waals surface area contributed by atoms with Gasteiger partial charge in [0.15, 0.2) is 0 Å². The van der Waals surface area contributed by atoms with Crippen LogP contribution < -0.4 is 15.8 Å². The maximum atomic E-state index is 6.18. The van der Waals surface area contributed by atoms with Gasteiger partial charge in [-0.2, -0.15) is 5.10 Å². The van der Waals surface area contributed by atoms with E-state index >= 15 is 0 Å². The van der Waals surface area contributed by atoms with Crippen molar-refractivity contribution in [1.82, 2.24) is 30.0 Å². The molecular formula is C21H23N7O. The summed E-state index contributed by atoms with van der Waals surface area (Å²) in [5.41, 5.74) is 10.6. The molecule has 0 saturated carbocycles. The van der Waals surface area contributed by atoms with Gasteiger partial charge in [-0.25, -0.2) is 9.97 Å². The zero-order valence-electron chi connectivity index (χ0n) is 16.2. The second kappa shape index (κ2) is 7.21. The largest absolute Gasteiger partial charge is 0.494 e. The van der Waals surface area contributed by atoms with Crippen molar-refractivity contribution < 1.29 is 4.74 Å². The highest BCUT2D eigenvalue weighted by Crippen LogP contribution is 2.32. The molecule has 0 atom stereocenters. The molecule has 0 unspecified atom stereocenters. The number of benzene rings is 1. The number of H-pyrrole nitrogens is 1. The van der Waals surface area contributed by atoms with Crippen LogP contribution in [0.5, 0.6) is 5.75 Å². The highest BCUT2D eigenvalue weighted by Gasteiger charge is 2.17. The number of aromatic amines is 1. The van der Waals surface area contributed by atoms with E-state index in [-0.39, 0.29) is 0 Å². The third kappa shape index (κ3) is 3.21. The minimum atomic E-state index is 0.428. The first-order valence-corrected chi connectivity index (χ1v) is 9.77. The Bertz CT molecular complexity index is 1160. The summed E-state index contributed by atoms with van der Waals surface area (Å²) >= 11 is 0. The van der Waals surface area contributed by atoms with Gasteiger partial charge in [-0.15, -0.1) is 0 Å². The van der Waals surface area contributed by atoms with Gasteiger partial charge in [0.2, 0.25) is 0 Å². The fourth-order valence-corrected chi connectivity index (χ4v) is 3.88. The first-order chi connectivity index (χ1) is 14.2. The van der Waals surface area contributed by atoms with Crippen molar-refractivity contribution in [3.63, 3.8) is 0 Å². The number of hydrogen-bond acceptors (Lipinski definition) is 6. The number of anilines is 1. The zero-order valence-corrected chi connectivity index (χ0v) is 16.2. The van der Waals surface area contributed by atoms with Crippen molar-refractivity contribution in [2.24, 2.45) is 0 Å². The minimum absolute atomic E-state index is 0.428. The molecule has 29 heavy (non-hydrogen) atoms. The lowest BCUT2D eigenvalue weighted by molar-refractivity contribution is 0.343. The normalized spacial score (nSPS) is 15.1. The second-order valence-corrected chi connectivity index (χ2v) is 7.29. The molecule has 148 valence electrons. The third-order valence-electron chi connectivity index (χ3n) is 5.49. The lowest BCUT2D eigenvalue weighted by Gasteiger charge is -2.22. The van der Waals surface area contributed by atoms with Gasteiger partial charge in [-0.1, -0.05) is 6.07 Å². The van der Waals surface area contributed by atoms with Crippen molar-refractivity contribution in [2.45, 2.75) is 18.9 Å². The highest BCUT2D eigenvalue weighted by atomic mass is 16.5. The molecule has 4 N–H and O–H groups in total. The van der Waals surface area contributed by atoms with Gasteiger partial charge in [0.1, 0.15) is 22.9 Å². The molecule has 8 heteroatoms. The minimum Gasteiger partial charge on any atom is -0.494 e. The standard InChI is InChI=1S/C21H23N7O/c1-29-18-4-2-3-17-19(18)27-21(26-17)16-9-13(10-24-20(16)22)14-11-25-28(12-14)15-5-7-23-8-6-15/h2-4,9-12,15,23H,5-8H2,1H3,(H2,22,24)(H,26,27). The molecule has 8 nitrogen and oxygen atoms in total. The average molecular weight is 389 g/mol. The Morgan fingerprint density at radius 1 is 1.17 bits per heavy atom.